The molecule has 56 valence electrons. The van der Waals surface area contributed by atoms with Gasteiger partial charge in [-0.15, -0.1) is 23.0 Å². The Morgan fingerprint density at radius 1 is 1.70 bits per heavy atom. The minimum absolute atomic E-state index is 0.515. The van der Waals surface area contributed by atoms with Gasteiger partial charge < -0.3 is 0 Å². The molecular weight excluding hydrogens is 182 g/mol. The fourth-order valence-corrected chi connectivity index (χ4v) is 2.72. The van der Waals surface area contributed by atoms with Crippen LogP contribution in [0.2, 0.25) is 0 Å². The van der Waals surface area contributed by atoms with Gasteiger partial charge in [-0.3, -0.25) is 0 Å². The Hall–Kier alpha value is 0.330. The molecule has 0 aromatic carbocycles. The van der Waals surface area contributed by atoms with Gasteiger partial charge in [-0.25, -0.2) is 4.98 Å². The lowest BCUT2D eigenvalue weighted by atomic mass is 10.2. The van der Waals surface area contributed by atoms with Gasteiger partial charge in [-0.05, 0) is 16.7 Å². The maximum Gasteiger partial charge on any atom is 0.0936 e. The first-order valence-electron chi connectivity index (χ1n) is 3.00. The molecule has 0 aliphatic heterocycles. The predicted octanol–water partition coefficient (Wildman–Crippen LogP) is 3.20. The van der Waals surface area contributed by atoms with Gasteiger partial charge in [-0.1, -0.05) is 13.8 Å². The molecule has 0 atom stereocenters. The fourth-order valence-electron chi connectivity index (χ4n) is 0.697. The second-order valence-electron chi connectivity index (χ2n) is 2.27. The topological polar surface area (TPSA) is 12.9 Å². The normalized spacial score (nSPS) is 10.8. The van der Waals surface area contributed by atoms with Gasteiger partial charge in [0.25, 0.3) is 0 Å². The van der Waals surface area contributed by atoms with Crippen molar-refractivity contribution >= 4 is 33.8 Å². The van der Waals surface area contributed by atoms with Crippen molar-refractivity contribution in [3.63, 3.8) is 0 Å². The Bertz CT molecular complexity index is 207. The molecule has 0 radical (unpaired) electrons. The highest BCUT2D eigenvalue weighted by atomic mass is 33.1. The maximum atomic E-state index is 4.24. The molecule has 1 aromatic heterocycles. The Labute approximate surface area is 74.1 Å². The average molecular weight is 191 g/mol. The van der Waals surface area contributed by atoms with Gasteiger partial charge in [0.15, 0.2) is 0 Å². The van der Waals surface area contributed by atoms with Crippen LogP contribution in [-0.4, -0.2) is 4.98 Å². The van der Waals surface area contributed by atoms with Crippen LogP contribution in [0.4, 0.5) is 0 Å². The maximum absolute atomic E-state index is 4.24. The molecular formula is C6H9NS3. The number of hydrogen-bond acceptors (Lipinski definition) is 4. The summed E-state index contributed by atoms with van der Waals surface area (Å²) < 4.78 is 1.22. The fraction of sp³-hybridized carbons (Fsp3) is 0.500. The van der Waals surface area contributed by atoms with E-state index < -0.39 is 0 Å². The Morgan fingerprint density at radius 2 is 2.40 bits per heavy atom. The SMILES string of the molecule is CC(C)c1ncsc1SS. The molecule has 0 aliphatic carbocycles. The first kappa shape index (κ1) is 8.43. The Morgan fingerprint density at radius 3 is 2.80 bits per heavy atom. The molecule has 0 fully saturated rings. The van der Waals surface area contributed by atoms with Gasteiger partial charge in [0.1, 0.15) is 0 Å². The first-order valence-corrected chi connectivity index (χ1v) is 5.75. The second kappa shape index (κ2) is 3.64. The summed E-state index contributed by atoms with van der Waals surface area (Å²) >= 11 is 5.78. The van der Waals surface area contributed by atoms with E-state index in [1.807, 2.05) is 5.51 Å². The predicted molar refractivity (Wildman–Crippen MR) is 51.0 cm³/mol. The molecule has 0 unspecified atom stereocenters. The summed E-state index contributed by atoms with van der Waals surface area (Å²) in [6, 6.07) is 0. The minimum atomic E-state index is 0.515. The molecule has 0 spiro atoms. The van der Waals surface area contributed by atoms with Crippen molar-refractivity contribution in [3.05, 3.63) is 11.2 Å². The van der Waals surface area contributed by atoms with Crippen LogP contribution >= 0.6 is 33.8 Å². The highest BCUT2D eigenvalue weighted by Crippen LogP contribution is 2.32. The van der Waals surface area contributed by atoms with Crippen molar-refractivity contribution < 1.29 is 0 Å². The quantitative estimate of drug-likeness (QED) is 0.569. The van der Waals surface area contributed by atoms with Crippen molar-refractivity contribution in [2.24, 2.45) is 0 Å². The first-order chi connectivity index (χ1) is 4.75. The van der Waals surface area contributed by atoms with Gasteiger partial charge >= 0.3 is 0 Å². The molecule has 1 rings (SSSR count). The standard InChI is InChI=1S/C6H9NS3/c1-4(2)5-6(10-8)9-3-7-5/h3-4,8H,1-2H3. The van der Waals surface area contributed by atoms with E-state index in [1.54, 1.807) is 11.3 Å². The number of hydrogen-bond donors (Lipinski definition) is 1. The van der Waals surface area contributed by atoms with Crippen molar-refractivity contribution in [2.45, 2.75) is 24.0 Å². The zero-order valence-electron chi connectivity index (χ0n) is 5.87. The van der Waals surface area contributed by atoms with Crippen LogP contribution in [-0.2, 0) is 0 Å². The molecule has 0 aliphatic rings. The van der Waals surface area contributed by atoms with Crippen LogP contribution in [0.1, 0.15) is 25.5 Å². The Kier molecular flexibility index (Phi) is 3.07. The van der Waals surface area contributed by atoms with E-state index in [4.69, 9.17) is 0 Å². The van der Waals surface area contributed by atoms with Crippen molar-refractivity contribution in [1.82, 2.24) is 4.98 Å². The van der Waals surface area contributed by atoms with Gasteiger partial charge in [0, 0.05) is 0 Å². The molecule has 10 heavy (non-hydrogen) atoms. The van der Waals surface area contributed by atoms with Crippen molar-refractivity contribution in [3.8, 4) is 0 Å². The summed E-state index contributed by atoms with van der Waals surface area (Å²) in [6.45, 7) is 4.28. The van der Waals surface area contributed by atoms with E-state index in [-0.39, 0.29) is 0 Å². The largest absolute Gasteiger partial charge is 0.248 e. The Balaban J connectivity index is 2.90. The highest BCUT2D eigenvalue weighted by Gasteiger charge is 2.08. The lowest BCUT2D eigenvalue weighted by Crippen LogP contribution is -1.87. The molecule has 0 saturated heterocycles. The number of nitrogens with zero attached hydrogens (tertiary/aromatic N) is 1. The summed E-state index contributed by atoms with van der Waals surface area (Å²) in [6.07, 6.45) is 0. The third kappa shape index (κ3) is 1.68. The summed E-state index contributed by atoms with van der Waals surface area (Å²) in [5.74, 6) is 0.515. The molecule has 4 heteroatoms. The van der Waals surface area contributed by atoms with E-state index in [9.17, 15) is 0 Å². The molecule has 0 saturated carbocycles. The summed E-state index contributed by atoms with van der Waals surface area (Å²) in [5, 5.41) is 0. The zero-order valence-corrected chi connectivity index (χ0v) is 8.39. The van der Waals surface area contributed by atoms with E-state index in [0.29, 0.717) is 5.92 Å². The number of thiol groups is 1. The van der Waals surface area contributed by atoms with E-state index >= 15 is 0 Å². The van der Waals surface area contributed by atoms with Crippen LogP contribution in [0.25, 0.3) is 0 Å². The third-order valence-electron chi connectivity index (χ3n) is 1.19. The molecule has 0 N–H and O–H groups in total. The molecule has 0 bridgehead atoms. The van der Waals surface area contributed by atoms with Crippen LogP contribution in [0.15, 0.2) is 9.72 Å². The lowest BCUT2D eigenvalue weighted by Gasteiger charge is -2.00. The van der Waals surface area contributed by atoms with Crippen LogP contribution in [0, 0.1) is 0 Å². The van der Waals surface area contributed by atoms with E-state index in [0.717, 1.165) is 0 Å². The van der Waals surface area contributed by atoms with Gasteiger partial charge in [0.05, 0.1) is 15.4 Å². The number of rotatable bonds is 2. The summed E-state index contributed by atoms with van der Waals surface area (Å²) in [7, 11) is 1.48. The van der Waals surface area contributed by atoms with Crippen molar-refractivity contribution in [1.29, 1.82) is 0 Å². The second-order valence-corrected chi connectivity index (χ2v) is 4.52. The third-order valence-corrected chi connectivity index (χ3v) is 3.66. The number of thiazole rings is 1. The molecule has 1 heterocycles. The summed E-state index contributed by atoms with van der Waals surface area (Å²) in [5.41, 5.74) is 3.04. The lowest BCUT2D eigenvalue weighted by molar-refractivity contribution is 0.814. The van der Waals surface area contributed by atoms with Gasteiger partial charge in [0.2, 0.25) is 0 Å². The smallest absolute Gasteiger partial charge is 0.0936 e. The molecule has 0 amide bonds. The number of aromatic nitrogens is 1. The van der Waals surface area contributed by atoms with Crippen LogP contribution < -0.4 is 0 Å². The molecule has 1 aromatic rings. The van der Waals surface area contributed by atoms with E-state index in [1.165, 1.54) is 20.7 Å². The average Bonchev–Trinajstić information content (AvgIpc) is 2.33. The van der Waals surface area contributed by atoms with Gasteiger partial charge in [-0.2, -0.15) is 0 Å². The van der Waals surface area contributed by atoms with Crippen LogP contribution in [0.3, 0.4) is 0 Å². The highest BCUT2D eigenvalue weighted by molar-refractivity contribution is 8.69. The monoisotopic (exact) mass is 191 g/mol. The zero-order chi connectivity index (χ0) is 7.56. The molecule has 1 nitrogen and oxygen atoms in total. The van der Waals surface area contributed by atoms with E-state index in [2.05, 4.69) is 30.5 Å². The van der Waals surface area contributed by atoms with Crippen molar-refractivity contribution in [2.75, 3.05) is 0 Å². The minimum Gasteiger partial charge on any atom is -0.248 e. The summed E-state index contributed by atoms with van der Waals surface area (Å²) in [4.78, 5) is 4.24. The van der Waals surface area contributed by atoms with Crippen LogP contribution in [0.5, 0.6) is 0 Å².